The van der Waals surface area contributed by atoms with E-state index in [9.17, 15) is 9.18 Å². The van der Waals surface area contributed by atoms with Crippen LogP contribution in [0.5, 0.6) is 0 Å². The number of fused-ring (bicyclic) bond motifs is 1. The Morgan fingerprint density at radius 1 is 1.41 bits per heavy atom. The second kappa shape index (κ2) is 4.93. The van der Waals surface area contributed by atoms with Crippen LogP contribution >= 0.6 is 0 Å². The first-order valence-corrected chi connectivity index (χ1v) is 7.43. The van der Waals surface area contributed by atoms with Gasteiger partial charge in [0.1, 0.15) is 11.9 Å². The van der Waals surface area contributed by atoms with Crippen LogP contribution in [0, 0.1) is 5.82 Å². The molecule has 5 heteroatoms. The topological polar surface area (TPSA) is 46.9 Å². The van der Waals surface area contributed by atoms with Crippen LogP contribution in [0.3, 0.4) is 0 Å². The Bertz CT molecular complexity index is 770. The van der Waals surface area contributed by atoms with Crippen molar-refractivity contribution < 1.29 is 9.18 Å². The third-order valence-electron chi connectivity index (χ3n) is 4.06. The molecule has 1 aliphatic heterocycles. The molecule has 1 amide bonds. The van der Waals surface area contributed by atoms with Gasteiger partial charge in [-0.05, 0) is 29.9 Å². The van der Waals surface area contributed by atoms with Crippen molar-refractivity contribution in [3.05, 3.63) is 42.0 Å². The summed E-state index contributed by atoms with van der Waals surface area (Å²) in [6.07, 6.45) is 3.24. The maximum absolute atomic E-state index is 13.9. The van der Waals surface area contributed by atoms with Crippen LogP contribution in [0.25, 0.3) is 10.9 Å². The number of piperidine rings is 1. The van der Waals surface area contributed by atoms with Crippen LogP contribution in [-0.4, -0.2) is 15.7 Å². The van der Waals surface area contributed by atoms with E-state index < -0.39 is 0 Å². The molecule has 116 valence electrons. The molecule has 3 rings (SSSR count). The molecule has 1 N–H and O–H groups in total. The summed E-state index contributed by atoms with van der Waals surface area (Å²) in [5.74, 6) is -0.411. The number of amides is 1. The fraction of sp³-hybridized carbons (Fsp3) is 0.412. The van der Waals surface area contributed by atoms with Crippen LogP contribution in [0.15, 0.2) is 30.6 Å². The average Bonchev–Trinajstić information content (AvgIpc) is 2.79. The fourth-order valence-electron chi connectivity index (χ4n) is 2.90. The van der Waals surface area contributed by atoms with Gasteiger partial charge in [0.15, 0.2) is 0 Å². The SMILES string of the molecule is C=C1CCC(n2cc3c(C(C)(C)C)cc(F)cc3n2)C(=O)N1. The first-order valence-electron chi connectivity index (χ1n) is 7.43. The molecule has 0 aliphatic carbocycles. The lowest BCUT2D eigenvalue weighted by atomic mass is 9.85. The van der Waals surface area contributed by atoms with E-state index in [4.69, 9.17) is 0 Å². The summed E-state index contributed by atoms with van der Waals surface area (Å²) in [7, 11) is 0. The minimum atomic E-state index is -0.367. The van der Waals surface area contributed by atoms with Crippen molar-refractivity contribution in [2.24, 2.45) is 0 Å². The van der Waals surface area contributed by atoms with Crippen molar-refractivity contribution >= 4 is 16.8 Å². The van der Waals surface area contributed by atoms with Gasteiger partial charge in [0, 0.05) is 23.3 Å². The molecule has 1 atom stereocenters. The lowest BCUT2D eigenvalue weighted by molar-refractivity contribution is -0.125. The average molecular weight is 301 g/mol. The number of halogens is 1. The molecule has 1 aromatic carbocycles. The quantitative estimate of drug-likeness (QED) is 0.877. The van der Waals surface area contributed by atoms with Gasteiger partial charge in [0.25, 0.3) is 0 Å². The maximum Gasteiger partial charge on any atom is 0.248 e. The van der Waals surface area contributed by atoms with E-state index in [0.717, 1.165) is 23.1 Å². The third-order valence-corrected chi connectivity index (χ3v) is 4.06. The number of hydrogen-bond donors (Lipinski definition) is 1. The number of rotatable bonds is 1. The first kappa shape index (κ1) is 14.8. The second-order valence-electron chi connectivity index (χ2n) is 6.89. The lowest BCUT2D eigenvalue weighted by Gasteiger charge is -2.23. The molecule has 2 aromatic rings. The molecular weight excluding hydrogens is 281 g/mol. The number of carbonyl (C=O) groups is 1. The Morgan fingerprint density at radius 3 is 2.77 bits per heavy atom. The Hall–Kier alpha value is -2.17. The van der Waals surface area contributed by atoms with Crippen molar-refractivity contribution in [3.8, 4) is 0 Å². The zero-order valence-corrected chi connectivity index (χ0v) is 13.1. The number of carbonyl (C=O) groups excluding carboxylic acids is 1. The van der Waals surface area contributed by atoms with E-state index >= 15 is 0 Å². The molecule has 2 heterocycles. The van der Waals surface area contributed by atoms with Gasteiger partial charge in [-0.2, -0.15) is 5.10 Å². The highest BCUT2D eigenvalue weighted by Crippen LogP contribution is 2.32. The van der Waals surface area contributed by atoms with Gasteiger partial charge in [-0.1, -0.05) is 27.4 Å². The van der Waals surface area contributed by atoms with Crippen molar-refractivity contribution in [3.63, 3.8) is 0 Å². The highest BCUT2D eigenvalue weighted by molar-refractivity contribution is 5.86. The second-order valence-corrected chi connectivity index (χ2v) is 6.89. The number of aromatic nitrogens is 2. The van der Waals surface area contributed by atoms with Crippen LogP contribution in [-0.2, 0) is 10.2 Å². The molecule has 0 saturated carbocycles. The van der Waals surface area contributed by atoms with E-state index in [-0.39, 0.29) is 23.2 Å². The van der Waals surface area contributed by atoms with Crippen molar-refractivity contribution in [2.45, 2.75) is 45.1 Å². The summed E-state index contributed by atoms with van der Waals surface area (Å²) >= 11 is 0. The molecule has 4 nitrogen and oxygen atoms in total. The Kier molecular flexibility index (Phi) is 3.31. The van der Waals surface area contributed by atoms with Gasteiger partial charge >= 0.3 is 0 Å². The van der Waals surface area contributed by atoms with Crippen molar-refractivity contribution in [2.75, 3.05) is 0 Å². The number of hydrogen-bond acceptors (Lipinski definition) is 2. The molecule has 1 unspecified atom stereocenters. The molecule has 0 bridgehead atoms. The lowest BCUT2D eigenvalue weighted by Crippen LogP contribution is -2.36. The number of nitrogens with zero attached hydrogens (tertiary/aromatic N) is 2. The highest BCUT2D eigenvalue weighted by Gasteiger charge is 2.28. The van der Waals surface area contributed by atoms with Crippen molar-refractivity contribution in [1.82, 2.24) is 15.1 Å². The van der Waals surface area contributed by atoms with Gasteiger partial charge in [0.2, 0.25) is 5.91 Å². The Balaban J connectivity index is 2.10. The molecule has 1 aliphatic rings. The molecule has 1 saturated heterocycles. The summed E-state index contributed by atoms with van der Waals surface area (Å²) in [6, 6.07) is 2.60. The van der Waals surface area contributed by atoms with Crippen LogP contribution in [0.2, 0.25) is 0 Å². The smallest absolute Gasteiger partial charge is 0.248 e. The molecule has 1 aromatic heterocycles. The predicted molar refractivity (Wildman–Crippen MR) is 83.9 cm³/mol. The number of benzene rings is 1. The third kappa shape index (κ3) is 2.51. The van der Waals surface area contributed by atoms with Gasteiger partial charge in [-0.15, -0.1) is 0 Å². The van der Waals surface area contributed by atoms with Gasteiger partial charge < -0.3 is 5.32 Å². The van der Waals surface area contributed by atoms with E-state index in [1.54, 1.807) is 10.7 Å². The van der Waals surface area contributed by atoms with Gasteiger partial charge in [-0.3, -0.25) is 9.48 Å². The van der Waals surface area contributed by atoms with E-state index in [1.165, 1.54) is 6.07 Å². The summed E-state index contributed by atoms with van der Waals surface area (Å²) in [5.41, 5.74) is 2.02. The van der Waals surface area contributed by atoms with E-state index in [2.05, 4.69) is 17.0 Å². The number of allylic oxidation sites excluding steroid dienone is 1. The molecular formula is C17H20FN3O. The largest absolute Gasteiger partial charge is 0.329 e. The predicted octanol–water partition coefficient (Wildman–Crippen LogP) is 3.44. The summed E-state index contributed by atoms with van der Waals surface area (Å²) in [6.45, 7) is 9.89. The molecule has 22 heavy (non-hydrogen) atoms. The van der Waals surface area contributed by atoms with Crippen LogP contribution in [0.1, 0.15) is 45.2 Å². The zero-order valence-electron chi connectivity index (χ0n) is 13.1. The first-order chi connectivity index (χ1) is 10.3. The van der Waals surface area contributed by atoms with Crippen molar-refractivity contribution in [1.29, 1.82) is 0 Å². The fourth-order valence-corrected chi connectivity index (χ4v) is 2.90. The van der Waals surface area contributed by atoms with Crippen LogP contribution < -0.4 is 5.32 Å². The Morgan fingerprint density at radius 2 is 2.14 bits per heavy atom. The molecule has 1 fully saturated rings. The van der Waals surface area contributed by atoms with E-state index in [0.29, 0.717) is 11.9 Å². The Labute approximate surface area is 129 Å². The summed E-state index contributed by atoms with van der Waals surface area (Å²) in [5, 5.41) is 8.09. The highest BCUT2D eigenvalue weighted by atomic mass is 19.1. The minimum absolute atomic E-state index is 0.109. The summed E-state index contributed by atoms with van der Waals surface area (Å²) < 4.78 is 15.5. The van der Waals surface area contributed by atoms with Gasteiger partial charge in [-0.25, -0.2) is 4.39 Å². The van der Waals surface area contributed by atoms with E-state index in [1.807, 2.05) is 27.0 Å². The minimum Gasteiger partial charge on any atom is -0.329 e. The van der Waals surface area contributed by atoms with Gasteiger partial charge in [0.05, 0.1) is 5.52 Å². The normalized spacial score (nSPS) is 19.5. The molecule has 0 spiro atoms. The monoisotopic (exact) mass is 301 g/mol. The summed E-state index contributed by atoms with van der Waals surface area (Å²) in [4.78, 5) is 12.1. The standard InChI is InChI=1S/C17H20FN3O/c1-10-5-6-15(16(22)19-10)21-9-12-13(17(2,3)4)7-11(18)8-14(12)20-21/h7-9,15H,1,5-6H2,2-4H3,(H,19,22). The zero-order chi connectivity index (χ0) is 16.1. The molecule has 0 radical (unpaired) electrons. The maximum atomic E-state index is 13.9. The van der Waals surface area contributed by atoms with Crippen LogP contribution in [0.4, 0.5) is 4.39 Å². The number of nitrogens with one attached hydrogen (secondary N) is 1.